The van der Waals surface area contributed by atoms with Gasteiger partial charge in [-0.1, -0.05) is 13.8 Å². The Morgan fingerprint density at radius 3 is 2.81 bits per heavy atom. The van der Waals surface area contributed by atoms with Gasteiger partial charge < -0.3 is 9.88 Å². The molecular weight excluding hydrogens is 198 g/mol. The van der Waals surface area contributed by atoms with Gasteiger partial charge >= 0.3 is 0 Å². The van der Waals surface area contributed by atoms with Gasteiger partial charge in [-0.2, -0.15) is 0 Å². The van der Waals surface area contributed by atoms with Crippen molar-refractivity contribution >= 4 is 0 Å². The summed E-state index contributed by atoms with van der Waals surface area (Å²) in [5, 5.41) is 3.58. The Hall–Kier alpha value is -0.830. The molecule has 90 valence electrons. The van der Waals surface area contributed by atoms with Crippen LogP contribution in [0.5, 0.6) is 0 Å². The summed E-state index contributed by atoms with van der Waals surface area (Å²) in [4.78, 5) is 4.25. The third-order valence-electron chi connectivity index (χ3n) is 3.14. The average molecular weight is 221 g/mol. The highest BCUT2D eigenvalue weighted by molar-refractivity contribution is 5.03. The standard InChI is InChI=1S/C13H23N3/c1-10(2)6-11(3)15-8-13-7-14-9-16(13)12-4-5-12/h7,9-12,15H,4-6,8H2,1-3H3. The van der Waals surface area contributed by atoms with Crippen LogP contribution >= 0.6 is 0 Å². The summed E-state index contributed by atoms with van der Waals surface area (Å²) in [6.45, 7) is 7.75. The fourth-order valence-corrected chi connectivity index (χ4v) is 2.22. The van der Waals surface area contributed by atoms with Gasteiger partial charge in [0, 0.05) is 24.8 Å². The Morgan fingerprint density at radius 1 is 1.44 bits per heavy atom. The van der Waals surface area contributed by atoms with E-state index in [1.807, 2.05) is 12.5 Å². The Labute approximate surface area is 98.3 Å². The zero-order valence-electron chi connectivity index (χ0n) is 10.6. The molecule has 1 aromatic heterocycles. The summed E-state index contributed by atoms with van der Waals surface area (Å²) in [5.74, 6) is 0.760. The molecule has 0 amide bonds. The van der Waals surface area contributed by atoms with Crippen LogP contribution in [0, 0.1) is 5.92 Å². The minimum atomic E-state index is 0.586. The Balaban J connectivity index is 1.82. The van der Waals surface area contributed by atoms with Crippen molar-refractivity contribution < 1.29 is 0 Å². The lowest BCUT2D eigenvalue weighted by Gasteiger charge is -2.16. The van der Waals surface area contributed by atoms with Gasteiger partial charge in [0.15, 0.2) is 0 Å². The van der Waals surface area contributed by atoms with E-state index < -0.39 is 0 Å². The van der Waals surface area contributed by atoms with Gasteiger partial charge in [-0.15, -0.1) is 0 Å². The van der Waals surface area contributed by atoms with Crippen LogP contribution in [0.1, 0.15) is 51.8 Å². The predicted molar refractivity (Wildman–Crippen MR) is 66.3 cm³/mol. The van der Waals surface area contributed by atoms with Crippen molar-refractivity contribution in [1.29, 1.82) is 0 Å². The molecule has 3 heteroatoms. The van der Waals surface area contributed by atoms with Crippen LogP contribution in [0.25, 0.3) is 0 Å². The van der Waals surface area contributed by atoms with Crippen molar-refractivity contribution in [3.05, 3.63) is 18.2 Å². The number of hydrogen-bond acceptors (Lipinski definition) is 2. The maximum absolute atomic E-state index is 4.25. The zero-order chi connectivity index (χ0) is 11.5. The van der Waals surface area contributed by atoms with E-state index in [1.54, 1.807) is 0 Å². The van der Waals surface area contributed by atoms with E-state index in [1.165, 1.54) is 25.0 Å². The SMILES string of the molecule is CC(C)CC(C)NCc1cncn1C1CC1. The highest BCUT2D eigenvalue weighted by Gasteiger charge is 2.25. The number of hydrogen-bond donors (Lipinski definition) is 1. The molecule has 1 atom stereocenters. The lowest BCUT2D eigenvalue weighted by molar-refractivity contribution is 0.435. The van der Waals surface area contributed by atoms with Gasteiger partial charge in [-0.05, 0) is 32.1 Å². The second-order valence-electron chi connectivity index (χ2n) is 5.43. The molecule has 1 N–H and O–H groups in total. The number of nitrogens with zero attached hydrogens (tertiary/aromatic N) is 2. The van der Waals surface area contributed by atoms with Gasteiger partial charge in [0.2, 0.25) is 0 Å². The van der Waals surface area contributed by atoms with Crippen molar-refractivity contribution in [3.8, 4) is 0 Å². The molecule has 1 heterocycles. The molecule has 0 bridgehead atoms. The predicted octanol–water partition coefficient (Wildman–Crippen LogP) is 2.74. The van der Waals surface area contributed by atoms with Crippen molar-refractivity contribution in [2.45, 2.75) is 58.7 Å². The minimum Gasteiger partial charge on any atom is -0.330 e. The topological polar surface area (TPSA) is 29.9 Å². The molecule has 16 heavy (non-hydrogen) atoms. The second kappa shape index (κ2) is 5.00. The quantitative estimate of drug-likeness (QED) is 0.800. The molecule has 1 aromatic rings. The largest absolute Gasteiger partial charge is 0.330 e. The van der Waals surface area contributed by atoms with Crippen LogP contribution in [-0.2, 0) is 6.54 Å². The van der Waals surface area contributed by atoms with Crippen LogP contribution in [0.4, 0.5) is 0 Å². The molecule has 0 spiro atoms. The van der Waals surface area contributed by atoms with Crippen LogP contribution in [0.2, 0.25) is 0 Å². The molecule has 1 unspecified atom stereocenters. The molecular formula is C13H23N3. The average Bonchev–Trinajstić information content (AvgIpc) is 2.94. The molecule has 1 aliphatic rings. The first-order valence-electron chi connectivity index (χ1n) is 6.41. The van der Waals surface area contributed by atoms with E-state index in [0.29, 0.717) is 6.04 Å². The molecule has 0 radical (unpaired) electrons. The van der Waals surface area contributed by atoms with Crippen LogP contribution in [0.15, 0.2) is 12.5 Å². The van der Waals surface area contributed by atoms with Crippen LogP contribution in [0.3, 0.4) is 0 Å². The summed E-state index contributed by atoms with van der Waals surface area (Å²) < 4.78 is 2.33. The van der Waals surface area contributed by atoms with Crippen LogP contribution < -0.4 is 5.32 Å². The highest BCUT2D eigenvalue weighted by Crippen LogP contribution is 2.35. The fourth-order valence-electron chi connectivity index (χ4n) is 2.22. The van der Waals surface area contributed by atoms with Crippen LogP contribution in [-0.4, -0.2) is 15.6 Å². The molecule has 1 fully saturated rings. The number of imidazole rings is 1. The van der Waals surface area contributed by atoms with E-state index in [0.717, 1.165) is 18.5 Å². The minimum absolute atomic E-state index is 0.586. The molecule has 1 saturated carbocycles. The Morgan fingerprint density at radius 2 is 2.19 bits per heavy atom. The van der Waals surface area contributed by atoms with Crippen molar-refractivity contribution in [3.63, 3.8) is 0 Å². The van der Waals surface area contributed by atoms with Gasteiger partial charge in [-0.3, -0.25) is 0 Å². The first-order valence-corrected chi connectivity index (χ1v) is 6.41. The van der Waals surface area contributed by atoms with E-state index >= 15 is 0 Å². The van der Waals surface area contributed by atoms with E-state index in [4.69, 9.17) is 0 Å². The monoisotopic (exact) mass is 221 g/mol. The first kappa shape index (κ1) is 11.6. The lowest BCUT2D eigenvalue weighted by Crippen LogP contribution is -2.27. The number of rotatable bonds is 6. The Kier molecular flexibility index (Phi) is 3.64. The van der Waals surface area contributed by atoms with Gasteiger partial charge in [-0.25, -0.2) is 4.98 Å². The fraction of sp³-hybridized carbons (Fsp3) is 0.769. The van der Waals surface area contributed by atoms with E-state index in [9.17, 15) is 0 Å². The lowest BCUT2D eigenvalue weighted by atomic mass is 10.1. The maximum atomic E-state index is 4.25. The molecule has 3 nitrogen and oxygen atoms in total. The summed E-state index contributed by atoms with van der Waals surface area (Å²) in [5.41, 5.74) is 1.33. The molecule has 2 rings (SSSR count). The summed E-state index contributed by atoms with van der Waals surface area (Å²) >= 11 is 0. The van der Waals surface area contributed by atoms with E-state index in [-0.39, 0.29) is 0 Å². The summed E-state index contributed by atoms with van der Waals surface area (Å²) in [6.07, 6.45) is 7.85. The molecule has 0 aliphatic heterocycles. The highest BCUT2D eigenvalue weighted by atomic mass is 15.1. The van der Waals surface area contributed by atoms with E-state index in [2.05, 4.69) is 35.6 Å². The maximum Gasteiger partial charge on any atom is 0.0951 e. The molecule has 0 aromatic carbocycles. The normalized spacial score (nSPS) is 18.0. The number of aromatic nitrogens is 2. The smallest absolute Gasteiger partial charge is 0.0951 e. The van der Waals surface area contributed by atoms with Gasteiger partial charge in [0.25, 0.3) is 0 Å². The van der Waals surface area contributed by atoms with Crippen molar-refractivity contribution in [1.82, 2.24) is 14.9 Å². The third kappa shape index (κ3) is 3.08. The Bertz CT molecular complexity index is 326. The molecule has 1 aliphatic carbocycles. The number of nitrogens with one attached hydrogen (secondary N) is 1. The van der Waals surface area contributed by atoms with Crippen molar-refractivity contribution in [2.75, 3.05) is 0 Å². The van der Waals surface area contributed by atoms with Gasteiger partial charge in [0.1, 0.15) is 0 Å². The zero-order valence-corrected chi connectivity index (χ0v) is 10.6. The van der Waals surface area contributed by atoms with Crippen molar-refractivity contribution in [2.24, 2.45) is 5.92 Å². The first-order chi connectivity index (χ1) is 7.66. The van der Waals surface area contributed by atoms with Gasteiger partial charge in [0.05, 0.1) is 12.0 Å². The third-order valence-corrected chi connectivity index (χ3v) is 3.14. The summed E-state index contributed by atoms with van der Waals surface area (Å²) in [6, 6.07) is 1.32. The summed E-state index contributed by atoms with van der Waals surface area (Å²) in [7, 11) is 0. The molecule has 0 saturated heterocycles. The second-order valence-corrected chi connectivity index (χ2v) is 5.43.